The number of benzene rings is 1. The highest BCUT2D eigenvalue weighted by atomic mass is 127. The van der Waals surface area contributed by atoms with E-state index in [1.165, 1.54) is 0 Å². The summed E-state index contributed by atoms with van der Waals surface area (Å²) in [5.74, 6) is -0.174. The molecule has 1 aromatic carbocycles. The summed E-state index contributed by atoms with van der Waals surface area (Å²) < 4.78 is 6.30. The van der Waals surface area contributed by atoms with E-state index in [1.54, 1.807) is 6.07 Å². The summed E-state index contributed by atoms with van der Waals surface area (Å²) in [5, 5.41) is 2.87. The van der Waals surface area contributed by atoms with E-state index < -0.39 is 0 Å². The minimum absolute atomic E-state index is 0.174. The first-order chi connectivity index (χ1) is 10.0. The Bertz CT molecular complexity index is 651. The van der Waals surface area contributed by atoms with Crippen LogP contribution in [0.25, 0.3) is 0 Å². The maximum absolute atomic E-state index is 12.3. The maximum Gasteiger partial charge on any atom is 0.316 e. The van der Waals surface area contributed by atoms with E-state index >= 15 is 0 Å². The normalized spacial score (nSPS) is 10.3. The highest BCUT2D eigenvalue weighted by Gasteiger charge is 2.13. The van der Waals surface area contributed by atoms with Crippen molar-refractivity contribution in [2.24, 2.45) is 0 Å². The van der Waals surface area contributed by atoms with Gasteiger partial charge in [0.15, 0.2) is 0 Å². The van der Waals surface area contributed by atoms with E-state index in [0.29, 0.717) is 35.3 Å². The number of halogens is 1. The van der Waals surface area contributed by atoms with Crippen LogP contribution in [0.1, 0.15) is 28.7 Å². The van der Waals surface area contributed by atoms with Crippen LogP contribution in [-0.2, 0) is 0 Å². The minimum Gasteiger partial charge on any atom is -0.464 e. The lowest BCUT2D eigenvalue weighted by atomic mass is 10.2. The second-order valence-corrected chi connectivity index (χ2v) is 5.70. The fraction of sp³-hybridized carbons (Fsp3) is 0.267. The van der Waals surface area contributed by atoms with Crippen molar-refractivity contribution in [3.63, 3.8) is 0 Å². The number of hydrogen-bond donors (Lipinski definition) is 1. The van der Waals surface area contributed by atoms with Crippen LogP contribution in [-0.4, -0.2) is 22.5 Å². The first-order valence-corrected chi connectivity index (χ1v) is 7.64. The molecule has 110 valence electrons. The molecule has 0 saturated carbocycles. The van der Waals surface area contributed by atoms with Crippen molar-refractivity contribution in [1.82, 2.24) is 9.97 Å². The molecule has 0 aliphatic heterocycles. The van der Waals surface area contributed by atoms with Crippen LogP contribution >= 0.6 is 22.6 Å². The van der Waals surface area contributed by atoms with Crippen LogP contribution in [0.4, 0.5) is 5.69 Å². The number of aromatic nitrogens is 2. The average molecular weight is 397 g/mol. The molecular weight excluding hydrogens is 381 g/mol. The van der Waals surface area contributed by atoms with Gasteiger partial charge in [-0.15, -0.1) is 0 Å². The third-order valence-corrected chi connectivity index (χ3v) is 3.52. The van der Waals surface area contributed by atoms with Crippen molar-refractivity contribution in [2.75, 3.05) is 11.9 Å². The molecular formula is C15H16IN3O2. The largest absolute Gasteiger partial charge is 0.464 e. The van der Waals surface area contributed by atoms with Gasteiger partial charge in [-0.05, 0) is 61.6 Å². The van der Waals surface area contributed by atoms with Crippen molar-refractivity contribution in [1.29, 1.82) is 0 Å². The fourth-order valence-corrected chi connectivity index (χ4v) is 2.42. The highest BCUT2D eigenvalue weighted by Crippen LogP contribution is 2.20. The van der Waals surface area contributed by atoms with Gasteiger partial charge in [0.1, 0.15) is 0 Å². The van der Waals surface area contributed by atoms with Crippen LogP contribution < -0.4 is 10.1 Å². The van der Waals surface area contributed by atoms with Crippen LogP contribution in [0.5, 0.6) is 6.01 Å². The van der Waals surface area contributed by atoms with Gasteiger partial charge in [0.25, 0.3) is 5.91 Å². The Labute approximate surface area is 137 Å². The van der Waals surface area contributed by atoms with E-state index in [1.807, 2.05) is 39.0 Å². The zero-order chi connectivity index (χ0) is 15.4. The molecule has 6 heteroatoms. The van der Waals surface area contributed by atoms with Crippen LogP contribution in [0, 0.1) is 17.4 Å². The van der Waals surface area contributed by atoms with Crippen molar-refractivity contribution >= 4 is 34.2 Å². The molecule has 0 bridgehead atoms. The Hall–Kier alpha value is -1.70. The van der Waals surface area contributed by atoms with Crippen molar-refractivity contribution in [2.45, 2.75) is 20.8 Å². The van der Waals surface area contributed by atoms with Gasteiger partial charge < -0.3 is 10.1 Å². The molecule has 0 saturated heterocycles. The lowest BCUT2D eigenvalue weighted by molar-refractivity contribution is 0.102. The molecule has 0 aliphatic rings. The predicted octanol–water partition coefficient (Wildman–Crippen LogP) is 3.35. The number of rotatable bonds is 4. The third kappa shape index (κ3) is 3.90. The lowest BCUT2D eigenvalue weighted by Gasteiger charge is -2.12. The van der Waals surface area contributed by atoms with E-state index in [4.69, 9.17) is 4.74 Å². The summed E-state index contributed by atoms with van der Waals surface area (Å²) in [7, 11) is 0. The van der Waals surface area contributed by atoms with Crippen molar-refractivity contribution in [3.8, 4) is 6.01 Å². The molecule has 1 heterocycles. The molecule has 1 aromatic heterocycles. The van der Waals surface area contributed by atoms with Gasteiger partial charge in [-0.3, -0.25) is 4.79 Å². The molecule has 0 fully saturated rings. The fourth-order valence-electron chi connectivity index (χ4n) is 1.88. The molecule has 5 nitrogen and oxygen atoms in total. The molecule has 2 aromatic rings. The number of anilines is 1. The van der Waals surface area contributed by atoms with E-state index in [9.17, 15) is 4.79 Å². The molecule has 21 heavy (non-hydrogen) atoms. The number of nitrogens with zero attached hydrogens (tertiary/aromatic N) is 2. The maximum atomic E-state index is 12.3. The number of ether oxygens (including phenoxy) is 1. The molecule has 0 aliphatic carbocycles. The van der Waals surface area contributed by atoms with Gasteiger partial charge in [-0.1, -0.05) is 6.07 Å². The second-order valence-electron chi connectivity index (χ2n) is 4.45. The Kier molecular flexibility index (Phi) is 5.11. The highest BCUT2D eigenvalue weighted by molar-refractivity contribution is 14.1. The topological polar surface area (TPSA) is 64.1 Å². The zero-order valence-electron chi connectivity index (χ0n) is 12.1. The number of hydrogen-bond acceptors (Lipinski definition) is 4. The molecule has 1 N–H and O–H groups in total. The van der Waals surface area contributed by atoms with E-state index in [-0.39, 0.29) is 5.91 Å². The smallest absolute Gasteiger partial charge is 0.316 e. The lowest BCUT2D eigenvalue weighted by Crippen LogP contribution is -2.15. The van der Waals surface area contributed by atoms with Crippen LogP contribution in [0.3, 0.4) is 0 Å². The SMILES string of the molecule is CCOc1nc(C)c(NC(=O)c2cccc(I)c2)c(C)n1. The Morgan fingerprint density at radius 2 is 1.95 bits per heavy atom. The van der Waals surface area contributed by atoms with Gasteiger partial charge in [-0.2, -0.15) is 9.97 Å². The zero-order valence-corrected chi connectivity index (χ0v) is 14.3. The second kappa shape index (κ2) is 6.84. The van der Waals surface area contributed by atoms with Crippen molar-refractivity contribution < 1.29 is 9.53 Å². The Morgan fingerprint density at radius 1 is 1.29 bits per heavy atom. The molecule has 0 unspecified atom stereocenters. The summed E-state index contributed by atoms with van der Waals surface area (Å²) >= 11 is 2.18. The number of nitrogens with one attached hydrogen (secondary N) is 1. The number of aryl methyl sites for hydroxylation is 2. The Balaban J connectivity index is 2.25. The third-order valence-electron chi connectivity index (χ3n) is 2.85. The predicted molar refractivity (Wildman–Crippen MR) is 89.8 cm³/mol. The molecule has 0 atom stereocenters. The molecule has 1 amide bonds. The summed E-state index contributed by atoms with van der Waals surface area (Å²) in [6.07, 6.45) is 0. The first kappa shape index (κ1) is 15.7. The summed E-state index contributed by atoms with van der Waals surface area (Å²) in [6, 6.07) is 7.73. The monoisotopic (exact) mass is 397 g/mol. The summed E-state index contributed by atoms with van der Waals surface area (Å²) in [4.78, 5) is 20.8. The van der Waals surface area contributed by atoms with Crippen molar-refractivity contribution in [3.05, 3.63) is 44.8 Å². The van der Waals surface area contributed by atoms with Gasteiger partial charge in [0.2, 0.25) is 0 Å². The van der Waals surface area contributed by atoms with Crippen LogP contribution in [0.2, 0.25) is 0 Å². The minimum atomic E-state index is -0.174. The molecule has 0 spiro atoms. The van der Waals surface area contributed by atoms with E-state index in [0.717, 1.165) is 3.57 Å². The summed E-state index contributed by atoms with van der Waals surface area (Å²) in [6.45, 7) is 6.02. The average Bonchev–Trinajstić information content (AvgIpc) is 2.43. The van der Waals surface area contributed by atoms with Gasteiger partial charge in [0, 0.05) is 9.13 Å². The van der Waals surface area contributed by atoms with Gasteiger partial charge >= 0.3 is 6.01 Å². The van der Waals surface area contributed by atoms with Crippen LogP contribution in [0.15, 0.2) is 24.3 Å². The molecule has 0 radical (unpaired) electrons. The quantitative estimate of drug-likeness (QED) is 0.804. The van der Waals surface area contributed by atoms with Gasteiger partial charge in [0.05, 0.1) is 23.7 Å². The Morgan fingerprint density at radius 3 is 2.52 bits per heavy atom. The first-order valence-electron chi connectivity index (χ1n) is 6.56. The number of carbonyl (C=O) groups is 1. The molecule has 2 rings (SSSR count). The number of carbonyl (C=O) groups excluding carboxylic acids is 1. The van der Waals surface area contributed by atoms with Gasteiger partial charge in [-0.25, -0.2) is 0 Å². The van der Waals surface area contributed by atoms with E-state index in [2.05, 4.69) is 37.9 Å². The number of amides is 1. The standard InChI is InChI=1S/C15H16IN3O2/c1-4-21-15-17-9(2)13(10(3)18-15)19-14(20)11-6-5-7-12(16)8-11/h5-8H,4H2,1-3H3,(H,19,20). The summed E-state index contributed by atoms with van der Waals surface area (Å²) in [5.41, 5.74) is 2.60.